The quantitative estimate of drug-likeness (QED) is 0.709. The Kier molecular flexibility index (Phi) is 4.04. The second-order valence-corrected chi connectivity index (χ2v) is 5.44. The van der Waals surface area contributed by atoms with Crippen molar-refractivity contribution in [1.29, 1.82) is 0 Å². The van der Waals surface area contributed by atoms with Crippen LogP contribution in [0.1, 0.15) is 6.92 Å². The van der Waals surface area contributed by atoms with Crippen molar-refractivity contribution in [2.75, 3.05) is 0 Å². The molecule has 1 nitrogen and oxygen atoms in total. The number of rotatable bonds is 3. The molecule has 108 valence electrons. The number of fused-ring (bicyclic) bond motifs is 1. The van der Waals surface area contributed by atoms with Gasteiger partial charge in [0.15, 0.2) is 0 Å². The molecule has 0 atom stereocenters. The van der Waals surface area contributed by atoms with Gasteiger partial charge < -0.3 is 4.57 Å². The van der Waals surface area contributed by atoms with Crippen LogP contribution in [0.15, 0.2) is 53.4 Å². The third-order valence-corrected chi connectivity index (χ3v) is 4.07. The van der Waals surface area contributed by atoms with Crippen LogP contribution >= 0.6 is 12.1 Å². The minimum Gasteiger partial charge on any atom is -0.309 e. The van der Waals surface area contributed by atoms with Crippen LogP contribution in [0.4, 0.5) is 3.89 Å². The van der Waals surface area contributed by atoms with Gasteiger partial charge in [0.25, 0.3) is 0 Å². The maximum absolute atomic E-state index is 13.0. The predicted molar refractivity (Wildman–Crippen MR) is 92.6 cm³/mol. The molecular weight excluding hydrogens is 293 g/mol. The van der Waals surface area contributed by atoms with Crippen molar-refractivity contribution in [3.8, 4) is 5.69 Å². The lowest BCUT2D eigenvalue weighted by Gasteiger charge is -2.06. The standard InChI is InChI=1S/C19H14FNS/c1-3-16(22-20)13-19-14(2)17-11-7-8-12-18(17)21(19)15-9-5-4-6-10-15/h3-6,8-10,12-13H,2H2,1H3/b16-3+,19-13+. The van der Waals surface area contributed by atoms with Gasteiger partial charge in [-0.25, -0.2) is 0 Å². The minimum atomic E-state index is 0.234. The van der Waals surface area contributed by atoms with Gasteiger partial charge in [-0.05, 0) is 37.3 Å². The van der Waals surface area contributed by atoms with E-state index in [9.17, 15) is 3.89 Å². The lowest BCUT2D eigenvalue weighted by atomic mass is 10.2. The number of nitrogens with zero attached hydrogens (tertiary/aromatic N) is 1. The minimum absolute atomic E-state index is 0.234. The molecular formula is C19H14FNS. The second-order valence-electron chi connectivity index (χ2n) is 4.81. The second kappa shape index (κ2) is 6.13. The summed E-state index contributed by atoms with van der Waals surface area (Å²) in [6.07, 6.45) is 3.56. The number of allylic oxidation sites excluding steroid dienone is 2. The van der Waals surface area contributed by atoms with Crippen molar-refractivity contribution in [2.24, 2.45) is 0 Å². The van der Waals surface area contributed by atoms with Gasteiger partial charge in [0.1, 0.15) is 0 Å². The van der Waals surface area contributed by atoms with Crippen LogP contribution in [-0.2, 0) is 0 Å². The molecule has 0 saturated heterocycles. The summed E-state index contributed by atoms with van der Waals surface area (Å²) in [5.41, 5.74) is 1.99. The molecule has 0 aliphatic rings. The maximum atomic E-state index is 13.0. The number of benzene rings is 1. The first-order chi connectivity index (χ1) is 10.8. The van der Waals surface area contributed by atoms with Gasteiger partial charge in [-0.3, -0.25) is 0 Å². The molecule has 3 aromatic rings. The molecule has 0 fully saturated rings. The summed E-state index contributed by atoms with van der Waals surface area (Å²) >= 11 is 0.234. The average molecular weight is 307 g/mol. The van der Waals surface area contributed by atoms with Crippen LogP contribution < -0.4 is 10.6 Å². The van der Waals surface area contributed by atoms with Crippen molar-refractivity contribution >= 4 is 35.7 Å². The first kappa shape index (κ1) is 14.5. The predicted octanol–water partition coefficient (Wildman–Crippen LogP) is 3.94. The summed E-state index contributed by atoms with van der Waals surface area (Å²) in [5, 5.41) is 2.58. The fraction of sp³-hybridized carbons (Fsp3) is 0.0526. The van der Waals surface area contributed by atoms with Gasteiger partial charge >= 0.3 is 0 Å². The SMILES string of the molecule is C=c1/c(=C\C(=C/C)SF)n(-c2ccccc2)c2ccc#cc12. The summed E-state index contributed by atoms with van der Waals surface area (Å²) in [6, 6.07) is 19.8. The van der Waals surface area contributed by atoms with Crippen molar-refractivity contribution < 1.29 is 3.89 Å². The third kappa shape index (κ3) is 2.43. The molecule has 0 N–H and O–H groups in total. The first-order valence-electron chi connectivity index (χ1n) is 6.90. The van der Waals surface area contributed by atoms with Crippen molar-refractivity contribution in [3.05, 3.63) is 76.1 Å². The average Bonchev–Trinajstić information content (AvgIpc) is 2.86. The fourth-order valence-electron chi connectivity index (χ4n) is 2.48. The highest BCUT2D eigenvalue weighted by atomic mass is 32.2. The van der Waals surface area contributed by atoms with E-state index in [0.717, 1.165) is 27.2 Å². The molecule has 1 aromatic heterocycles. The van der Waals surface area contributed by atoms with E-state index in [1.54, 1.807) is 6.08 Å². The van der Waals surface area contributed by atoms with Gasteiger partial charge in [0, 0.05) is 15.8 Å². The Morgan fingerprint density at radius 1 is 1.27 bits per heavy atom. The van der Waals surface area contributed by atoms with E-state index in [1.165, 1.54) is 0 Å². The molecule has 3 heteroatoms. The molecule has 0 spiro atoms. The molecule has 0 radical (unpaired) electrons. The molecule has 0 bridgehead atoms. The molecule has 0 saturated carbocycles. The molecule has 1 heterocycles. The molecule has 2 aromatic carbocycles. The van der Waals surface area contributed by atoms with E-state index in [1.807, 2.05) is 55.5 Å². The van der Waals surface area contributed by atoms with Gasteiger partial charge in [-0.2, -0.15) is 3.89 Å². The van der Waals surface area contributed by atoms with E-state index >= 15 is 0 Å². The Morgan fingerprint density at radius 3 is 2.73 bits per heavy atom. The molecule has 0 aliphatic heterocycles. The van der Waals surface area contributed by atoms with Crippen LogP contribution in [-0.4, -0.2) is 4.57 Å². The molecule has 0 aliphatic carbocycles. The van der Waals surface area contributed by atoms with Crippen LogP contribution in [0.2, 0.25) is 0 Å². The number of aromatic nitrogens is 1. The van der Waals surface area contributed by atoms with Crippen LogP contribution in [0.3, 0.4) is 0 Å². The Morgan fingerprint density at radius 2 is 2.05 bits per heavy atom. The van der Waals surface area contributed by atoms with E-state index in [0.29, 0.717) is 4.91 Å². The first-order valence-corrected chi connectivity index (χ1v) is 7.61. The van der Waals surface area contributed by atoms with Crippen LogP contribution in [0.5, 0.6) is 0 Å². The fourth-order valence-corrected chi connectivity index (χ4v) is 2.73. The smallest absolute Gasteiger partial charge is 0.0809 e. The molecule has 3 rings (SSSR count). The Balaban J connectivity index is 2.46. The number of hydrogen-bond acceptors (Lipinski definition) is 1. The van der Waals surface area contributed by atoms with E-state index in [-0.39, 0.29) is 12.1 Å². The summed E-state index contributed by atoms with van der Waals surface area (Å²) < 4.78 is 15.1. The Hall–Kier alpha value is -2.44. The maximum Gasteiger partial charge on any atom is 0.0809 e. The van der Waals surface area contributed by atoms with E-state index < -0.39 is 0 Å². The Bertz CT molecular complexity index is 939. The van der Waals surface area contributed by atoms with Crippen molar-refractivity contribution in [1.82, 2.24) is 4.57 Å². The summed E-state index contributed by atoms with van der Waals surface area (Å²) in [5.74, 6) is 0. The topological polar surface area (TPSA) is 4.93 Å². The van der Waals surface area contributed by atoms with E-state index in [2.05, 4.69) is 23.3 Å². The number of hydrogen-bond donors (Lipinski definition) is 0. The van der Waals surface area contributed by atoms with Gasteiger partial charge in [-0.15, -0.1) is 0 Å². The third-order valence-electron chi connectivity index (χ3n) is 3.54. The highest BCUT2D eigenvalue weighted by Crippen LogP contribution is 2.18. The lowest BCUT2D eigenvalue weighted by Crippen LogP contribution is -2.27. The molecule has 22 heavy (non-hydrogen) atoms. The van der Waals surface area contributed by atoms with Gasteiger partial charge in [0.2, 0.25) is 0 Å². The number of para-hydroxylation sites is 1. The molecule has 0 unspecified atom stereocenters. The van der Waals surface area contributed by atoms with Gasteiger partial charge in [0.05, 0.1) is 28.4 Å². The van der Waals surface area contributed by atoms with Crippen molar-refractivity contribution in [2.45, 2.75) is 6.92 Å². The molecule has 0 amide bonds. The normalized spacial score (nSPS) is 12.6. The van der Waals surface area contributed by atoms with Crippen LogP contribution in [0.25, 0.3) is 29.2 Å². The highest BCUT2D eigenvalue weighted by Gasteiger charge is 2.08. The van der Waals surface area contributed by atoms with E-state index in [4.69, 9.17) is 0 Å². The number of halogens is 1. The zero-order valence-corrected chi connectivity index (χ0v) is 13.0. The largest absolute Gasteiger partial charge is 0.309 e. The monoisotopic (exact) mass is 307 g/mol. The lowest BCUT2D eigenvalue weighted by molar-refractivity contribution is 0.945. The van der Waals surface area contributed by atoms with Gasteiger partial charge in [-0.1, -0.05) is 43.0 Å². The highest BCUT2D eigenvalue weighted by molar-refractivity contribution is 7.98. The summed E-state index contributed by atoms with van der Waals surface area (Å²) in [4.78, 5) is 0.550. The zero-order valence-electron chi connectivity index (χ0n) is 12.1. The summed E-state index contributed by atoms with van der Waals surface area (Å²) in [7, 11) is 0. The summed E-state index contributed by atoms with van der Waals surface area (Å²) in [6.45, 7) is 5.97. The van der Waals surface area contributed by atoms with Crippen LogP contribution in [0, 0.1) is 12.1 Å². The zero-order chi connectivity index (χ0) is 15.5. The Labute approximate surface area is 133 Å². The van der Waals surface area contributed by atoms with Crippen molar-refractivity contribution in [3.63, 3.8) is 0 Å².